The van der Waals surface area contributed by atoms with Crippen LogP contribution in [0.1, 0.15) is 60.3 Å². The molecule has 0 radical (unpaired) electrons. The van der Waals surface area contributed by atoms with Crippen LogP contribution in [0.4, 0.5) is 4.79 Å². The summed E-state index contributed by atoms with van der Waals surface area (Å²) in [5, 5.41) is 2.61. The largest absolute Gasteiger partial charge is 0.442 e. The van der Waals surface area contributed by atoms with E-state index in [-0.39, 0.29) is 47.2 Å². The minimum atomic E-state index is -0.855. The Labute approximate surface area is 225 Å². The maximum atomic E-state index is 13.1. The molecule has 1 heterocycles. The van der Waals surface area contributed by atoms with Crippen LogP contribution < -0.4 is 11.1 Å². The van der Waals surface area contributed by atoms with E-state index in [1.54, 1.807) is 27.2 Å². The standard InChI is InChI=1S/C29H42N2O7/c1-16-11-21-14-22(32)15-23(25(21)33)31-28(34)18(3)10-8-9-17(2)26(38-29(30)35)19(4)13-20(5)27(37-7)24(12-16)36-6/h10,13-17,20,24,26-27H,8-9,11-12H2,1-7H3,(H2,30,35)(H,31,34)/b18-10+,19-13+/t16-,17+,20+,24+,26-,27-/m1/s1. The van der Waals surface area contributed by atoms with Crippen molar-refractivity contribution in [3.8, 4) is 0 Å². The van der Waals surface area contributed by atoms with E-state index in [9.17, 15) is 19.2 Å². The van der Waals surface area contributed by atoms with Gasteiger partial charge in [-0.05, 0) is 63.0 Å². The van der Waals surface area contributed by atoms with Crippen LogP contribution in [0.2, 0.25) is 0 Å². The third-order valence-corrected chi connectivity index (χ3v) is 7.22. The average Bonchev–Trinajstić information content (AvgIpc) is 2.83. The van der Waals surface area contributed by atoms with Crippen molar-refractivity contribution < 1.29 is 33.4 Å². The van der Waals surface area contributed by atoms with Crippen molar-refractivity contribution in [3.05, 3.63) is 46.7 Å². The smallest absolute Gasteiger partial charge is 0.405 e. The number of carbonyl (C=O) groups excluding carboxylic acids is 4. The van der Waals surface area contributed by atoms with Gasteiger partial charge in [0.25, 0.3) is 5.91 Å². The number of methoxy groups -OCH3 is 2. The molecule has 0 saturated carbocycles. The molecule has 1 aliphatic heterocycles. The van der Waals surface area contributed by atoms with Gasteiger partial charge in [-0.1, -0.05) is 32.9 Å². The molecule has 210 valence electrons. The summed E-state index contributed by atoms with van der Waals surface area (Å²) in [5.74, 6) is -1.36. The first-order chi connectivity index (χ1) is 17.9. The molecule has 2 amide bonds. The van der Waals surface area contributed by atoms with Gasteiger partial charge in [-0.25, -0.2) is 4.79 Å². The van der Waals surface area contributed by atoms with Crippen LogP contribution in [0.5, 0.6) is 0 Å². The molecule has 0 spiro atoms. The number of nitrogens with two attached hydrogens (primary N) is 1. The molecule has 2 aliphatic rings. The van der Waals surface area contributed by atoms with E-state index in [4.69, 9.17) is 19.9 Å². The quantitative estimate of drug-likeness (QED) is 0.417. The predicted molar refractivity (Wildman–Crippen MR) is 144 cm³/mol. The molecule has 9 nitrogen and oxygen atoms in total. The Bertz CT molecular complexity index is 1040. The van der Waals surface area contributed by atoms with E-state index in [0.717, 1.165) is 11.6 Å². The van der Waals surface area contributed by atoms with E-state index in [1.165, 1.54) is 6.08 Å². The van der Waals surface area contributed by atoms with Gasteiger partial charge in [0.15, 0.2) is 5.78 Å². The van der Waals surface area contributed by atoms with Gasteiger partial charge in [0.05, 0.1) is 17.9 Å². The maximum absolute atomic E-state index is 13.1. The van der Waals surface area contributed by atoms with E-state index in [0.29, 0.717) is 36.8 Å². The number of nitrogens with one attached hydrogen (secondary N) is 1. The summed E-state index contributed by atoms with van der Waals surface area (Å²) in [6.07, 6.45) is 6.31. The van der Waals surface area contributed by atoms with Crippen LogP contribution in [0.15, 0.2) is 46.7 Å². The van der Waals surface area contributed by atoms with Gasteiger partial charge < -0.3 is 25.3 Å². The second-order valence-electron chi connectivity index (χ2n) is 10.5. The summed E-state index contributed by atoms with van der Waals surface area (Å²) in [4.78, 5) is 49.9. The lowest BCUT2D eigenvalue weighted by molar-refractivity contribution is -0.120. The molecule has 2 bridgehead atoms. The molecule has 1 aliphatic carbocycles. The van der Waals surface area contributed by atoms with Gasteiger partial charge in [0, 0.05) is 37.4 Å². The van der Waals surface area contributed by atoms with E-state index in [1.807, 2.05) is 33.8 Å². The molecular weight excluding hydrogens is 488 g/mol. The molecule has 6 atom stereocenters. The molecule has 38 heavy (non-hydrogen) atoms. The third kappa shape index (κ3) is 8.49. The number of ether oxygens (including phenoxy) is 3. The van der Waals surface area contributed by atoms with E-state index >= 15 is 0 Å². The van der Waals surface area contributed by atoms with Crippen LogP contribution in [0.25, 0.3) is 0 Å². The number of Topliss-reactive ketones (excluding diaryl/α,β-unsaturated/α-hetero) is 1. The predicted octanol–water partition coefficient (Wildman–Crippen LogP) is 3.93. The Balaban J connectivity index is 2.47. The summed E-state index contributed by atoms with van der Waals surface area (Å²) >= 11 is 0. The van der Waals surface area contributed by atoms with Crippen LogP contribution in [-0.2, 0) is 28.6 Å². The summed E-state index contributed by atoms with van der Waals surface area (Å²) < 4.78 is 17.2. The zero-order valence-electron chi connectivity index (χ0n) is 23.5. The minimum absolute atomic E-state index is 0.0230. The molecule has 2 rings (SSSR count). The van der Waals surface area contributed by atoms with Crippen molar-refractivity contribution in [2.75, 3.05) is 14.2 Å². The lowest BCUT2D eigenvalue weighted by atomic mass is 9.85. The third-order valence-electron chi connectivity index (χ3n) is 7.22. The van der Waals surface area contributed by atoms with Gasteiger partial charge in [0.2, 0.25) is 5.78 Å². The second kappa shape index (κ2) is 14.2. The number of carbonyl (C=O) groups is 4. The Morgan fingerprint density at radius 3 is 2.34 bits per heavy atom. The molecule has 0 unspecified atom stereocenters. The average molecular weight is 531 g/mol. The minimum Gasteiger partial charge on any atom is -0.442 e. The first-order valence-corrected chi connectivity index (χ1v) is 13.1. The highest BCUT2D eigenvalue weighted by molar-refractivity contribution is 6.21. The van der Waals surface area contributed by atoms with Gasteiger partial charge in [-0.2, -0.15) is 0 Å². The Kier molecular flexibility index (Phi) is 11.7. The second-order valence-corrected chi connectivity index (χ2v) is 10.5. The van der Waals surface area contributed by atoms with Crippen LogP contribution in [-0.4, -0.2) is 56.1 Å². The van der Waals surface area contributed by atoms with Crippen LogP contribution >= 0.6 is 0 Å². The molecule has 0 aromatic carbocycles. The number of allylic oxidation sites excluding steroid dienone is 4. The van der Waals surface area contributed by atoms with Gasteiger partial charge in [-0.3, -0.25) is 14.4 Å². The number of fused-ring (bicyclic) bond motifs is 2. The molecule has 0 aromatic rings. The molecule has 9 heteroatoms. The van der Waals surface area contributed by atoms with Gasteiger partial charge in [0.1, 0.15) is 6.10 Å². The number of ketones is 2. The summed E-state index contributed by atoms with van der Waals surface area (Å²) in [6.45, 7) is 9.50. The first kappa shape index (κ1) is 31.2. The number of amides is 2. The maximum Gasteiger partial charge on any atom is 0.405 e. The highest BCUT2D eigenvalue weighted by atomic mass is 16.6. The molecule has 0 aromatic heterocycles. The summed E-state index contributed by atoms with van der Waals surface area (Å²) in [6, 6.07) is 0. The summed E-state index contributed by atoms with van der Waals surface area (Å²) in [5.41, 5.74) is 6.98. The highest BCUT2D eigenvalue weighted by Gasteiger charge is 2.31. The van der Waals surface area contributed by atoms with Gasteiger partial charge >= 0.3 is 6.09 Å². The lowest BCUT2D eigenvalue weighted by Crippen LogP contribution is -2.37. The van der Waals surface area contributed by atoms with Crippen molar-refractivity contribution in [1.29, 1.82) is 0 Å². The zero-order valence-corrected chi connectivity index (χ0v) is 23.5. The van der Waals surface area contributed by atoms with Gasteiger partial charge in [-0.15, -0.1) is 0 Å². The van der Waals surface area contributed by atoms with Crippen molar-refractivity contribution in [2.45, 2.75) is 78.6 Å². The monoisotopic (exact) mass is 530 g/mol. The number of primary amides is 1. The van der Waals surface area contributed by atoms with Crippen molar-refractivity contribution in [3.63, 3.8) is 0 Å². The Hall–Kier alpha value is -3.04. The fourth-order valence-electron chi connectivity index (χ4n) is 5.24. The van der Waals surface area contributed by atoms with Crippen molar-refractivity contribution >= 4 is 23.6 Å². The van der Waals surface area contributed by atoms with E-state index < -0.39 is 18.1 Å². The first-order valence-electron chi connectivity index (χ1n) is 13.1. The Morgan fingerprint density at radius 2 is 1.74 bits per heavy atom. The molecule has 0 fully saturated rings. The fraction of sp³-hybridized carbons (Fsp3) is 0.586. The fourth-order valence-corrected chi connectivity index (χ4v) is 5.24. The van der Waals surface area contributed by atoms with Crippen molar-refractivity contribution in [1.82, 2.24) is 5.32 Å². The SMILES string of the molecule is CO[C@H]1[C@@H](OC)C[C@H](C)CC2=CC(=O)C=C(NC(=O)/C(C)=C/CC[C@H](C)[C@@H](OC(N)=O)/C(C)=C/[C@@H]1C)C2=O. The van der Waals surface area contributed by atoms with Crippen molar-refractivity contribution in [2.24, 2.45) is 23.5 Å². The zero-order chi connectivity index (χ0) is 28.6. The lowest BCUT2D eigenvalue weighted by Gasteiger charge is -2.32. The number of hydrogen-bond acceptors (Lipinski definition) is 7. The highest BCUT2D eigenvalue weighted by Crippen LogP contribution is 2.29. The number of rotatable bonds is 3. The topological polar surface area (TPSA) is 134 Å². The Morgan fingerprint density at radius 1 is 1.05 bits per heavy atom. The normalized spacial score (nSPS) is 33.2. The molecule has 3 N–H and O–H groups in total. The molecule has 0 saturated heterocycles. The van der Waals surface area contributed by atoms with E-state index in [2.05, 4.69) is 5.32 Å². The van der Waals surface area contributed by atoms with Crippen LogP contribution in [0.3, 0.4) is 0 Å². The molecular formula is C29H42N2O7. The van der Waals surface area contributed by atoms with Crippen LogP contribution in [0, 0.1) is 17.8 Å². The summed E-state index contributed by atoms with van der Waals surface area (Å²) in [7, 11) is 3.24. The number of hydrogen-bond donors (Lipinski definition) is 2.